The second-order valence-corrected chi connectivity index (χ2v) is 8.02. The molecule has 2 N–H and O–H groups in total. The van der Waals surface area contributed by atoms with Crippen LogP contribution >= 0.6 is 0 Å². The number of halogens is 3. The van der Waals surface area contributed by atoms with E-state index in [1.165, 1.54) is 37.4 Å². The molecule has 0 aliphatic heterocycles. The Morgan fingerprint density at radius 2 is 1.77 bits per heavy atom. The highest BCUT2D eigenvalue weighted by Crippen LogP contribution is 2.31. The SMILES string of the molecule is CCOc1nc(Nc2cccc(C(F)(F)F)c2)nc(-c2cccc(S(=O)(=O)NC)c2)n1. The van der Waals surface area contributed by atoms with Crippen molar-refractivity contribution >= 4 is 21.7 Å². The number of hydrogen-bond acceptors (Lipinski definition) is 7. The van der Waals surface area contributed by atoms with Gasteiger partial charge < -0.3 is 10.1 Å². The molecule has 0 aliphatic carbocycles. The first kappa shape index (κ1) is 22.4. The Kier molecular flexibility index (Phi) is 6.41. The molecule has 0 bridgehead atoms. The molecule has 0 aliphatic rings. The molecule has 0 amide bonds. The van der Waals surface area contributed by atoms with Crippen molar-refractivity contribution in [2.75, 3.05) is 19.0 Å². The summed E-state index contributed by atoms with van der Waals surface area (Å²) in [6.45, 7) is 1.95. The van der Waals surface area contributed by atoms with Gasteiger partial charge >= 0.3 is 12.2 Å². The zero-order chi connectivity index (χ0) is 22.6. The fraction of sp³-hybridized carbons (Fsp3) is 0.211. The maximum Gasteiger partial charge on any atom is 0.416 e. The molecule has 8 nitrogen and oxygen atoms in total. The lowest BCUT2D eigenvalue weighted by Crippen LogP contribution is -2.18. The van der Waals surface area contributed by atoms with Crippen molar-refractivity contribution in [3.63, 3.8) is 0 Å². The van der Waals surface area contributed by atoms with Crippen molar-refractivity contribution in [2.24, 2.45) is 0 Å². The molecule has 12 heteroatoms. The zero-order valence-corrected chi connectivity index (χ0v) is 17.3. The average molecular weight is 453 g/mol. The number of nitrogens with zero attached hydrogens (tertiary/aromatic N) is 3. The molecule has 0 radical (unpaired) electrons. The van der Waals surface area contributed by atoms with Gasteiger partial charge in [-0.2, -0.15) is 28.1 Å². The molecule has 0 saturated carbocycles. The number of rotatable bonds is 7. The summed E-state index contributed by atoms with van der Waals surface area (Å²) in [7, 11) is -2.41. The summed E-state index contributed by atoms with van der Waals surface area (Å²) >= 11 is 0. The van der Waals surface area contributed by atoms with Gasteiger partial charge in [0.2, 0.25) is 16.0 Å². The van der Waals surface area contributed by atoms with E-state index in [0.29, 0.717) is 5.56 Å². The molecule has 3 aromatic rings. The Bertz CT molecular complexity index is 1190. The van der Waals surface area contributed by atoms with Crippen LogP contribution in [0.1, 0.15) is 12.5 Å². The van der Waals surface area contributed by atoms with Crippen molar-refractivity contribution < 1.29 is 26.3 Å². The van der Waals surface area contributed by atoms with Crippen molar-refractivity contribution in [2.45, 2.75) is 18.0 Å². The second kappa shape index (κ2) is 8.86. The smallest absolute Gasteiger partial charge is 0.416 e. The van der Waals surface area contributed by atoms with Crippen LogP contribution in [0.5, 0.6) is 6.01 Å². The summed E-state index contributed by atoms with van der Waals surface area (Å²) in [6, 6.07) is 10.4. The number of benzene rings is 2. The van der Waals surface area contributed by atoms with Crippen molar-refractivity contribution in [1.29, 1.82) is 0 Å². The van der Waals surface area contributed by atoms with E-state index in [1.807, 2.05) is 0 Å². The Hall–Kier alpha value is -3.25. The number of hydrogen-bond donors (Lipinski definition) is 2. The monoisotopic (exact) mass is 453 g/mol. The minimum absolute atomic E-state index is 0.00161. The minimum Gasteiger partial charge on any atom is -0.464 e. The van der Waals surface area contributed by atoms with E-state index in [4.69, 9.17) is 4.74 Å². The lowest BCUT2D eigenvalue weighted by Gasteiger charge is -2.12. The van der Waals surface area contributed by atoms with E-state index in [0.717, 1.165) is 12.1 Å². The molecule has 0 atom stereocenters. The fourth-order valence-corrected chi connectivity index (χ4v) is 3.33. The van der Waals surface area contributed by atoms with Gasteiger partial charge in [0, 0.05) is 11.3 Å². The minimum atomic E-state index is -4.50. The largest absolute Gasteiger partial charge is 0.464 e. The molecule has 1 aromatic heterocycles. The lowest BCUT2D eigenvalue weighted by atomic mass is 10.2. The van der Waals surface area contributed by atoms with Crippen LogP contribution in [0.25, 0.3) is 11.4 Å². The Morgan fingerprint density at radius 1 is 1.03 bits per heavy atom. The first-order valence-electron chi connectivity index (χ1n) is 8.99. The summed E-state index contributed by atoms with van der Waals surface area (Å²) in [5.74, 6) is 0.0238. The third-order valence-electron chi connectivity index (χ3n) is 4.01. The van der Waals surface area contributed by atoms with Gasteiger partial charge in [-0.15, -0.1) is 0 Å². The fourth-order valence-electron chi connectivity index (χ4n) is 2.56. The van der Waals surface area contributed by atoms with Gasteiger partial charge in [0.1, 0.15) is 0 Å². The van der Waals surface area contributed by atoms with Crippen molar-refractivity contribution in [3.8, 4) is 17.4 Å². The topological polar surface area (TPSA) is 106 Å². The van der Waals surface area contributed by atoms with Gasteiger partial charge in [-0.25, -0.2) is 13.1 Å². The van der Waals surface area contributed by atoms with Crippen molar-refractivity contribution in [3.05, 3.63) is 54.1 Å². The molecule has 2 aromatic carbocycles. The number of anilines is 2. The van der Waals surface area contributed by atoms with Crippen LogP contribution in [0.2, 0.25) is 0 Å². The molecule has 164 valence electrons. The molecule has 0 spiro atoms. The first-order chi connectivity index (χ1) is 14.6. The molecule has 1 heterocycles. The predicted molar refractivity (Wildman–Crippen MR) is 107 cm³/mol. The van der Waals surface area contributed by atoms with E-state index in [-0.39, 0.29) is 35.0 Å². The number of ether oxygens (including phenoxy) is 1. The van der Waals surface area contributed by atoms with Crippen LogP contribution in [0.15, 0.2) is 53.4 Å². The molecule has 0 saturated heterocycles. The maximum absolute atomic E-state index is 13.0. The van der Waals surface area contributed by atoms with Crippen molar-refractivity contribution in [1.82, 2.24) is 19.7 Å². The highest BCUT2D eigenvalue weighted by molar-refractivity contribution is 7.89. The normalized spacial score (nSPS) is 11.9. The van der Waals surface area contributed by atoms with E-state index < -0.39 is 21.8 Å². The molecule has 31 heavy (non-hydrogen) atoms. The average Bonchev–Trinajstić information content (AvgIpc) is 2.73. The van der Waals surface area contributed by atoms with Gasteiger partial charge in [-0.1, -0.05) is 18.2 Å². The summed E-state index contributed by atoms with van der Waals surface area (Å²) in [6.07, 6.45) is -4.50. The third kappa shape index (κ3) is 5.47. The van der Waals surface area contributed by atoms with Crippen LogP contribution in [0.4, 0.5) is 24.8 Å². The Balaban J connectivity index is 2.02. The summed E-state index contributed by atoms with van der Waals surface area (Å²) in [5.41, 5.74) is -0.366. The van der Waals surface area contributed by atoms with Gasteiger partial charge in [-0.3, -0.25) is 0 Å². The summed E-state index contributed by atoms with van der Waals surface area (Å²) in [5, 5.41) is 2.71. The summed E-state index contributed by atoms with van der Waals surface area (Å²) in [4.78, 5) is 12.4. The van der Waals surface area contributed by atoms with Crippen LogP contribution < -0.4 is 14.8 Å². The van der Waals surface area contributed by atoms with Gasteiger partial charge in [0.25, 0.3) is 0 Å². The van der Waals surface area contributed by atoms with Crippen LogP contribution in [-0.2, 0) is 16.2 Å². The quantitative estimate of drug-likeness (QED) is 0.563. The van der Waals surface area contributed by atoms with Crippen LogP contribution in [0, 0.1) is 0 Å². The highest BCUT2D eigenvalue weighted by Gasteiger charge is 2.30. The maximum atomic E-state index is 13.0. The second-order valence-electron chi connectivity index (χ2n) is 6.14. The molecular formula is C19H18F3N5O3S. The Morgan fingerprint density at radius 3 is 2.45 bits per heavy atom. The number of aromatic nitrogens is 3. The number of nitrogens with one attached hydrogen (secondary N) is 2. The van der Waals surface area contributed by atoms with Gasteiger partial charge in [0.05, 0.1) is 17.1 Å². The molecular weight excluding hydrogens is 435 g/mol. The molecule has 0 fully saturated rings. The Labute approximate surface area is 176 Å². The van der Waals surface area contributed by atoms with E-state index in [1.54, 1.807) is 13.0 Å². The standard InChI is InChI=1S/C19H18F3N5O3S/c1-3-30-18-26-16(12-6-4-9-15(10-12)31(28,29)23-2)25-17(27-18)24-14-8-5-7-13(11-14)19(20,21)22/h4-11,23H,3H2,1-2H3,(H,24,25,26,27). The lowest BCUT2D eigenvalue weighted by molar-refractivity contribution is -0.137. The van der Waals surface area contributed by atoms with Gasteiger partial charge in [-0.05, 0) is 44.3 Å². The first-order valence-corrected chi connectivity index (χ1v) is 10.5. The zero-order valence-electron chi connectivity index (χ0n) is 16.4. The van der Waals surface area contributed by atoms with E-state index in [2.05, 4.69) is 25.0 Å². The van der Waals surface area contributed by atoms with E-state index in [9.17, 15) is 21.6 Å². The third-order valence-corrected chi connectivity index (χ3v) is 5.42. The van der Waals surface area contributed by atoms with E-state index >= 15 is 0 Å². The number of alkyl halides is 3. The molecule has 3 rings (SSSR count). The van der Waals surface area contributed by atoms with Crippen LogP contribution in [-0.4, -0.2) is 37.0 Å². The van der Waals surface area contributed by atoms with Crippen LogP contribution in [0.3, 0.4) is 0 Å². The molecule has 0 unspecified atom stereocenters. The number of sulfonamides is 1. The predicted octanol–water partition coefficient (Wildman–Crippen LogP) is 3.61. The van der Waals surface area contributed by atoms with Gasteiger partial charge in [0.15, 0.2) is 5.82 Å². The highest BCUT2D eigenvalue weighted by atomic mass is 32.2. The summed E-state index contributed by atoms with van der Waals surface area (Å²) < 4.78 is 70.6.